The van der Waals surface area contributed by atoms with Crippen LogP contribution in [-0.2, 0) is 6.42 Å². The SMILES string of the molecule is CCc1nc2cccnc2n1-c1cccc(O)c1. The molecule has 18 heavy (non-hydrogen) atoms. The van der Waals surface area contributed by atoms with E-state index in [0.29, 0.717) is 0 Å². The Morgan fingerprint density at radius 1 is 1.22 bits per heavy atom. The van der Waals surface area contributed by atoms with Gasteiger partial charge in [0.15, 0.2) is 5.65 Å². The van der Waals surface area contributed by atoms with Crippen molar-refractivity contribution in [1.29, 1.82) is 0 Å². The van der Waals surface area contributed by atoms with Crippen LogP contribution in [0.25, 0.3) is 16.9 Å². The maximum absolute atomic E-state index is 9.59. The maximum Gasteiger partial charge on any atom is 0.164 e. The molecular weight excluding hydrogens is 226 g/mol. The van der Waals surface area contributed by atoms with Crippen LogP contribution in [0.5, 0.6) is 5.75 Å². The summed E-state index contributed by atoms with van der Waals surface area (Å²) in [7, 11) is 0. The molecule has 3 aromatic rings. The minimum atomic E-state index is 0.243. The summed E-state index contributed by atoms with van der Waals surface area (Å²) >= 11 is 0. The van der Waals surface area contributed by atoms with Crippen LogP contribution in [0.1, 0.15) is 12.7 Å². The van der Waals surface area contributed by atoms with Gasteiger partial charge in [-0.2, -0.15) is 0 Å². The molecule has 2 aromatic heterocycles. The van der Waals surface area contributed by atoms with Crippen molar-refractivity contribution >= 4 is 11.2 Å². The van der Waals surface area contributed by atoms with Crippen molar-refractivity contribution in [3.63, 3.8) is 0 Å². The van der Waals surface area contributed by atoms with Crippen molar-refractivity contribution in [3.8, 4) is 11.4 Å². The average Bonchev–Trinajstić information content (AvgIpc) is 2.77. The summed E-state index contributed by atoms with van der Waals surface area (Å²) in [5.74, 6) is 1.18. The van der Waals surface area contributed by atoms with E-state index in [2.05, 4.69) is 16.9 Å². The number of hydrogen-bond acceptors (Lipinski definition) is 3. The second-order valence-corrected chi connectivity index (χ2v) is 4.08. The van der Waals surface area contributed by atoms with E-state index in [1.54, 1.807) is 18.3 Å². The molecule has 0 atom stereocenters. The van der Waals surface area contributed by atoms with Crippen LogP contribution in [0.3, 0.4) is 0 Å². The Kier molecular flexibility index (Phi) is 2.48. The molecule has 2 heterocycles. The highest BCUT2D eigenvalue weighted by molar-refractivity contribution is 5.73. The second-order valence-electron chi connectivity index (χ2n) is 4.08. The van der Waals surface area contributed by atoms with Crippen molar-refractivity contribution in [1.82, 2.24) is 14.5 Å². The molecule has 3 rings (SSSR count). The molecule has 0 aliphatic heterocycles. The molecule has 0 spiro atoms. The van der Waals surface area contributed by atoms with Gasteiger partial charge < -0.3 is 5.11 Å². The minimum Gasteiger partial charge on any atom is -0.508 e. The first-order chi connectivity index (χ1) is 8.79. The molecule has 0 aliphatic carbocycles. The van der Waals surface area contributed by atoms with Crippen molar-refractivity contribution in [2.75, 3.05) is 0 Å². The topological polar surface area (TPSA) is 50.9 Å². The number of benzene rings is 1. The van der Waals surface area contributed by atoms with E-state index in [0.717, 1.165) is 29.1 Å². The largest absolute Gasteiger partial charge is 0.508 e. The number of fused-ring (bicyclic) bond motifs is 1. The lowest BCUT2D eigenvalue weighted by Crippen LogP contribution is -2.00. The Morgan fingerprint density at radius 3 is 2.89 bits per heavy atom. The lowest BCUT2D eigenvalue weighted by molar-refractivity contribution is 0.475. The number of phenols is 1. The molecule has 0 bridgehead atoms. The van der Waals surface area contributed by atoms with E-state index in [4.69, 9.17) is 0 Å². The van der Waals surface area contributed by atoms with Crippen molar-refractivity contribution in [3.05, 3.63) is 48.4 Å². The molecule has 1 aromatic carbocycles. The lowest BCUT2D eigenvalue weighted by atomic mass is 10.3. The van der Waals surface area contributed by atoms with Gasteiger partial charge in [0.05, 0.1) is 5.69 Å². The number of hydrogen-bond donors (Lipinski definition) is 1. The van der Waals surface area contributed by atoms with Crippen LogP contribution < -0.4 is 0 Å². The van der Waals surface area contributed by atoms with Gasteiger partial charge in [-0.3, -0.25) is 4.57 Å². The molecule has 1 N–H and O–H groups in total. The Balaban J connectivity index is 2.33. The van der Waals surface area contributed by atoms with E-state index in [1.807, 2.05) is 28.8 Å². The Bertz CT molecular complexity index is 703. The van der Waals surface area contributed by atoms with Crippen molar-refractivity contribution < 1.29 is 5.11 Å². The van der Waals surface area contributed by atoms with Crippen LogP contribution in [0.2, 0.25) is 0 Å². The van der Waals surface area contributed by atoms with Crippen LogP contribution in [-0.4, -0.2) is 19.6 Å². The Morgan fingerprint density at radius 2 is 2.11 bits per heavy atom. The number of aryl methyl sites for hydroxylation is 1. The van der Waals surface area contributed by atoms with Crippen molar-refractivity contribution in [2.45, 2.75) is 13.3 Å². The van der Waals surface area contributed by atoms with Gasteiger partial charge in [-0.25, -0.2) is 9.97 Å². The summed E-state index contributed by atoms with van der Waals surface area (Å²) in [6.45, 7) is 2.06. The van der Waals surface area contributed by atoms with Crippen molar-refractivity contribution in [2.24, 2.45) is 0 Å². The van der Waals surface area contributed by atoms with Gasteiger partial charge in [0.1, 0.15) is 17.1 Å². The van der Waals surface area contributed by atoms with E-state index < -0.39 is 0 Å². The fourth-order valence-corrected chi connectivity index (χ4v) is 2.10. The number of aromatic hydroxyl groups is 1. The zero-order valence-electron chi connectivity index (χ0n) is 10.0. The van der Waals surface area contributed by atoms with E-state index in [-0.39, 0.29) is 5.75 Å². The maximum atomic E-state index is 9.59. The predicted molar refractivity (Wildman–Crippen MR) is 69.9 cm³/mol. The van der Waals surface area contributed by atoms with Gasteiger partial charge in [-0.15, -0.1) is 0 Å². The third-order valence-electron chi connectivity index (χ3n) is 2.89. The van der Waals surface area contributed by atoms with E-state index in [9.17, 15) is 5.11 Å². The number of rotatable bonds is 2. The van der Waals surface area contributed by atoms with Gasteiger partial charge in [0, 0.05) is 18.7 Å². The first-order valence-electron chi connectivity index (χ1n) is 5.91. The molecule has 0 saturated heterocycles. The highest BCUT2D eigenvalue weighted by Gasteiger charge is 2.11. The van der Waals surface area contributed by atoms with E-state index in [1.165, 1.54) is 0 Å². The number of nitrogens with zero attached hydrogens (tertiary/aromatic N) is 3. The second kappa shape index (κ2) is 4.14. The molecule has 0 fully saturated rings. The fraction of sp³-hybridized carbons (Fsp3) is 0.143. The summed E-state index contributed by atoms with van der Waals surface area (Å²) in [6, 6.07) is 11.0. The Labute approximate surface area is 105 Å². The molecule has 0 saturated carbocycles. The average molecular weight is 239 g/mol. The van der Waals surface area contributed by atoms with E-state index >= 15 is 0 Å². The minimum absolute atomic E-state index is 0.243. The van der Waals surface area contributed by atoms with Crippen LogP contribution in [0.4, 0.5) is 0 Å². The van der Waals surface area contributed by atoms with Gasteiger partial charge >= 0.3 is 0 Å². The van der Waals surface area contributed by atoms with Crippen LogP contribution in [0.15, 0.2) is 42.6 Å². The quantitative estimate of drug-likeness (QED) is 0.748. The number of aromatic nitrogens is 3. The smallest absolute Gasteiger partial charge is 0.164 e. The monoisotopic (exact) mass is 239 g/mol. The predicted octanol–water partition coefficient (Wildman–Crippen LogP) is 2.69. The summed E-state index contributed by atoms with van der Waals surface area (Å²) in [4.78, 5) is 8.93. The highest BCUT2D eigenvalue weighted by Crippen LogP contribution is 2.22. The highest BCUT2D eigenvalue weighted by atomic mass is 16.3. The lowest BCUT2D eigenvalue weighted by Gasteiger charge is -2.07. The summed E-state index contributed by atoms with van der Waals surface area (Å²) in [5, 5.41) is 9.59. The molecule has 0 radical (unpaired) electrons. The molecule has 90 valence electrons. The van der Waals surface area contributed by atoms with Gasteiger partial charge in [0.2, 0.25) is 0 Å². The Hall–Kier alpha value is -2.36. The summed E-state index contributed by atoms with van der Waals surface area (Å²) in [5.41, 5.74) is 2.57. The first-order valence-corrected chi connectivity index (χ1v) is 5.91. The molecule has 4 heteroatoms. The van der Waals surface area contributed by atoms with Crippen LogP contribution >= 0.6 is 0 Å². The fourth-order valence-electron chi connectivity index (χ4n) is 2.10. The molecule has 0 aliphatic rings. The summed E-state index contributed by atoms with van der Waals surface area (Å²) < 4.78 is 1.98. The molecule has 0 amide bonds. The van der Waals surface area contributed by atoms with Gasteiger partial charge in [-0.05, 0) is 24.3 Å². The first kappa shape index (κ1) is 10.8. The summed E-state index contributed by atoms with van der Waals surface area (Å²) in [6.07, 6.45) is 2.56. The van der Waals surface area contributed by atoms with Gasteiger partial charge in [0.25, 0.3) is 0 Å². The molecular formula is C14H13N3O. The zero-order valence-corrected chi connectivity index (χ0v) is 10.0. The molecule has 0 unspecified atom stereocenters. The number of imidazole rings is 1. The molecule has 4 nitrogen and oxygen atoms in total. The number of pyridine rings is 1. The normalized spacial score (nSPS) is 10.9. The zero-order chi connectivity index (χ0) is 12.5. The van der Waals surface area contributed by atoms with Gasteiger partial charge in [-0.1, -0.05) is 13.0 Å². The number of phenolic OH excluding ortho intramolecular Hbond substituents is 1. The standard InChI is InChI=1S/C14H13N3O/c1-2-13-16-12-7-4-8-15-14(12)17(13)10-5-3-6-11(18)9-10/h3-9,18H,2H2,1H3. The third kappa shape index (κ3) is 1.62. The van der Waals surface area contributed by atoms with Crippen LogP contribution in [0, 0.1) is 0 Å². The third-order valence-corrected chi connectivity index (χ3v) is 2.89.